The van der Waals surface area contributed by atoms with Gasteiger partial charge in [-0.3, -0.25) is 0 Å². The molecule has 5 heteroatoms. The van der Waals surface area contributed by atoms with Gasteiger partial charge in [-0.25, -0.2) is 0 Å². The first kappa shape index (κ1) is 15.7. The second-order valence-corrected chi connectivity index (χ2v) is 6.07. The van der Waals surface area contributed by atoms with Gasteiger partial charge in [-0.05, 0) is 18.8 Å². The number of anilines is 2. The summed E-state index contributed by atoms with van der Waals surface area (Å²) in [5, 5.41) is 0. The molecule has 1 rings (SSSR count). The molecule has 108 valence electrons. The maximum absolute atomic E-state index is 4.57. The van der Waals surface area contributed by atoms with Gasteiger partial charge < -0.3 is 9.80 Å². The summed E-state index contributed by atoms with van der Waals surface area (Å²) < 4.78 is 0. The molecular formula is C14H27N5. The van der Waals surface area contributed by atoms with Crippen molar-refractivity contribution in [1.29, 1.82) is 0 Å². The van der Waals surface area contributed by atoms with Crippen molar-refractivity contribution in [2.45, 2.75) is 34.6 Å². The lowest BCUT2D eigenvalue weighted by Crippen LogP contribution is -2.33. The van der Waals surface area contributed by atoms with Gasteiger partial charge in [0, 0.05) is 27.2 Å². The Bertz CT molecular complexity index is 391. The van der Waals surface area contributed by atoms with Crippen LogP contribution in [0, 0.1) is 18.8 Å². The molecule has 0 unspecified atom stereocenters. The van der Waals surface area contributed by atoms with Gasteiger partial charge in [0.15, 0.2) is 0 Å². The number of hydrogen-bond acceptors (Lipinski definition) is 5. The van der Waals surface area contributed by atoms with Crippen molar-refractivity contribution in [3.8, 4) is 0 Å². The Kier molecular flexibility index (Phi) is 5.51. The molecule has 1 aromatic heterocycles. The van der Waals surface area contributed by atoms with E-state index in [1.165, 1.54) is 0 Å². The molecule has 0 aliphatic carbocycles. The molecule has 0 spiro atoms. The lowest BCUT2D eigenvalue weighted by atomic mass is 10.1. The van der Waals surface area contributed by atoms with Crippen LogP contribution in [0.15, 0.2) is 0 Å². The Labute approximate surface area is 117 Å². The second-order valence-electron chi connectivity index (χ2n) is 6.07. The van der Waals surface area contributed by atoms with E-state index in [9.17, 15) is 0 Å². The number of aryl methyl sites for hydroxylation is 1. The fourth-order valence-electron chi connectivity index (χ4n) is 1.91. The molecule has 1 aromatic rings. The third-order valence-corrected chi connectivity index (χ3v) is 2.58. The van der Waals surface area contributed by atoms with Crippen LogP contribution in [0.2, 0.25) is 0 Å². The standard InChI is InChI=1S/C14H27N5/c1-10(2)8-19(9-11(3)4)14-16-12(5)15-13(17-14)18(6)7/h10-11H,8-9H2,1-7H3. The first-order chi connectivity index (χ1) is 8.79. The molecule has 0 aliphatic rings. The maximum Gasteiger partial charge on any atom is 0.230 e. The molecule has 19 heavy (non-hydrogen) atoms. The zero-order valence-corrected chi connectivity index (χ0v) is 13.3. The van der Waals surface area contributed by atoms with Crippen LogP contribution in [0.5, 0.6) is 0 Å². The predicted molar refractivity (Wildman–Crippen MR) is 80.8 cm³/mol. The summed E-state index contributed by atoms with van der Waals surface area (Å²) in [6, 6.07) is 0. The SMILES string of the molecule is Cc1nc(N(C)C)nc(N(CC(C)C)CC(C)C)n1. The highest BCUT2D eigenvalue weighted by Crippen LogP contribution is 2.15. The molecule has 1 heterocycles. The van der Waals surface area contributed by atoms with E-state index in [2.05, 4.69) is 47.5 Å². The second kappa shape index (κ2) is 6.68. The zero-order valence-electron chi connectivity index (χ0n) is 13.3. The molecule has 0 amide bonds. The molecule has 0 radical (unpaired) electrons. The van der Waals surface area contributed by atoms with Gasteiger partial charge in [-0.15, -0.1) is 0 Å². The van der Waals surface area contributed by atoms with Gasteiger partial charge in [-0.1, -0.05) is 27.7 Å². The van der Waals surface area contributed by atoms with Crippen LogP contribution in [-0.2, 0) is 0 Å². The summed E-state index contributed by atoms with van der Waals surface area (Å²) in [4.78, 5) is 17.6. The van der Waals surface area contributed by atoms with Crippen LogP contribution in [-0.4, -0.2) is 42.1 Å². The van der Waals surface area contributed by atoms with Crippen molar-refractivity contribution in [3.05, 3.63) is 5.82 Å². The minimum Gasteiger partial charge on any atom is -0.347 e. The van der Waals surface area contributed by atoms with Gasteiger partial charge >= 0.3 is 0 Å². The Hall–Kier alpha value is -1.39. The predicted octanol–water partition coefficient (Wildman–Crippen LogP) is 2.36. The fraction of sp³-hybridized carbons (Fsp3) is 0.786. The Morgan fingerprint density at radius 3 is 1.74 bits per heavy atom. The summed E-state index contributed by atoms with van der Waals surface area (Å²) in [5.41, 5.74) is 0. The summed E-state index contributed by atoms with van der Waals surface area (Å²) in [7, 11) is 3.90. The molecule has 0 fully saturated rings. The van der Waals surface area contributed by atoms with Crippen LogP contribution in [0.25, 0.3) is 0 Å². The molecule has 0 bridgehead atoms. The summed E-state index contributed by atoms with van der Waals surface area (Å²) in [5.74, 6) is 3.45. The van der Waals surface area contributed by atoms with Gasteiger partial charge in [0.2, 0.25) is 11.9 Å². The maximum atomic E-state index is 4.57. The largest absolute Gasteiger partial charge is 0.347 e. The van der Waals surface area contributed by atoms with E-state index in [1.807, 2.05) is 25.9 Å². The third kappa shape index (κ3) is 5.01. The van der Waals surface area contributed by atoms with E-state index in [4.69, 9.17) is 0 Å². The van der Waals surface area contributed by atoms with E-state index in [1.54, 1.807) is 0 Å². The molecule has 5 nitrogen and oxygen atoms in total. The third-order valence-electron chi connectivity index (χ3n) is 2.58. The molecule has 0 aromatic carbocycles. The Morgan fingerprint density at radius 1 is 0.842 bits per heavy atom. The zero-order chi connectivity index (χ0) is 14.6. The van der Waals surface area contributed by atoms with Crippen LogP contribution in [0.1, 0.15) is 33.5 Å². The van der Waals surface area contributed by atoms with E-state index in [0.717, 1.165) is 30.8 Å². The molecule has 0 atom stereocenters. The molecule has 0 N–H and O–H groups in total. The molecular weight excluding hydrogens is 238 g/mol. The summed E-state index contributed by atoms with van der Waals surface area (Å²) >= 11 is 0. The first-order valence-electron chi connectivity index (χ1n) is 6.94. The minimum absolute atomic E-state index is 0.582. The minimum atomic E-state index is 0.582. The first-order valence-corrected chi connectivity index (χ1v) is 6.94. The highest BCUT2D eigenvalue weighted by Gasteiger charge is 2.15. The Balaban J connectivity index is 3.06. The number of aromatic nitrogens is 3. The summed E-state index contributed by atoms with van der Waals surface area (Å²) in [6.45, 7) is 12.7. The lowest BCUT2D eigenvalue weighted by molar-refractivity contribution is 0.542. The molecule has 0 aliphatic heterocycles. The highest BCUT2D eigenvalue weighted by atomic mass is 15.3. The average Bonchev–Trinajstić information content (AvgIpc) is 2.25. The average molecular weight is 265 g/mol. The van der Waals surface area contributed by atoms with Crippen molar-refractivity contribution < 1.29 is 0 Å². The van der Waals surface area contributed by atoms with Crippen molar-refractivity contribution in [3.63, 3.8) is 0 Å². The van der Waals surface area contributed by atoms with Gasteiger partial charge in [0.05, 0.1) is 0 Å². The fourth-order valence-corrected chi connectivity index (χ4v) is 1.91. The van der Waals surface area contributed by atoms with Crippen molar-refractivity contribution in [2.75, 3.05) is 37.0 Å². The van der Waals surface area contributed by atoms with Crippen molar-refractivity contribution in [2.24, 2.45) is 11.8 Å². The van der Waals surface area contributed by atoms with Gasteiger partial charge in [-0.2, -0.15) is 15.0 Å². The van der Waals surface area contributed by atoms with Crippen LogP contribution in [0.4, 0.5) is 11.9 Å². The number of nitrogens with zero attached hydrogens (tertiary/aromatic N) is 5. The van der Waals surface area contributed by atoms with Crippen LogP contribution >= 0.6 is 0 Å². The van der Waals surface area contributed by atoms with Crippen LogP contribution in [0.3, 0.4) is 0 Å². The van der Waals surface area contributed by atoms with E-state index < -0.39 is 0 Å². The summed E-state index contributed by atoms with van der Waals surface area (Å²) in [6.07, 6.45) is 0. The quantitative estimate of drug-likeness (QED) is 0.790. The number of rotatable bonds is 6. The van der Waals surface area contributed by atoms with Gasteiger partial charge in [0.1, 0.15) is 5.82 Å². The van der Waals surface area contributed by atoms with Gasteiger partial charge in [0.25, 0.3) is 0 Å². The Morgan fingerprint density at radius 2 is 1.32 bits per heavy atom. The molecule has 0 saturated carbocycles. The monoisotopic (exact) mass is 265 g/mol. The lowest BCUT2D eigenvalue weighted by Gasteiger charge is -2.27. The topological polar surface area (TPSA) is 45.2 Å². The van der Waals surface area contributed by atoms with Crippen LogP contribution < -0.4 is 9.80 Å². The van der Waals surface area contributed by atoms with E-state index in [-0.39, 0.29) is 0 Å². The van der Waals surface area contributed by atoms with Crippen molar-refractivity contribution >= 4 is 11.9 Å². The highest BCUT2D eigenvalue weighted by molar-refractivity contribution is 5.38. The normalized spacial score (nSPS) is 11.2. The smallest absolute Gasteiger partial charge is 0.230 e. The van der Waals surface area contributed by atoms with E-state index >= 15 is 0 Å². The van der Waals surface area contributed by atoms with E-state index in [0.29, 0.717) is 11.8 Å². The number of hydrogen-bond donors (Lipinski definition) is 0. The van der Waals surface area contributed by atoms with Crippen molar-refractivity contribution in [1.82, 2.24) is 15.0 Å². The molecule has 0 saturated heterocycles.